The van der Waals surface area contributed by atoms with E-state index < -0.39 is 23.1 Å². The molecule has 0 radical (unpaired) electrons. The van der Waals surface area contributed by atoms with Gasteiger partial charge in [0, 0.05) is 6.07 Å². The van der Waals surface area contributed by atoms with Crippen molar-refractivity contribution in [2.24, 2.45) is 0 Å². The fourth-order valence-electron chi connectivity index (χ4n) is 1.64. The minimum atomic E-state index is -1.40. The van der Waals surface area contributed by atoms with Crippen molar-refractivity contribution in [2.75, 3.05) is 0 Å². The fourth-order valence-corrected chi connectivity index (χ4v) is 1.64. The number of aryl methyl sites for hydroxylation is 1. The van der Waals surface area contributed by atoms with Gasteiger partial charge >= 0.3 is 0 Å². The summed E-state index contributed by atoms with van der Waals surface area (Å²) < 4.78 is 18.2. The quantitative estimate of drug-likeness (QED) is 0.853. The Labute approximate surface area is 102 Å². The highest BCUT2D eigenvalue weighted by atomic mass is 19.1. The fraction of sp³-hybridized carbons (Fsp3) is 0.154. The Hall–Kier alpha value is -2.14. The average molecular weight is 250 g/mol. The largest absolute Gasteiger partial charge is 0.502 e. The molecule has 0 amide bonds. The second kappa shape index (κ2) is 4.62. The van der Waals surface area contributed by atoms with Crippen molar-refractivity contribution in [1.82, 2.24) is 0 Å². The third-order valence-electron chi connectivity index (χ3n) is 2.48. The molecule has 1 atom stereocenters. The lowest BCUT2D eigenvalue weighted by molar-refractivity contribution is 0.176. The van der Waals surface area contributed by atoms with Gasteiger partial charge in [-0.25, -0.2) is 4.39 Å². The Morgan fingerprint density at radius 3 is 2.72 bits per heavy atom. The first-order valence-electron chi connectivity index (χ1n) is 5.26. The van der Waals surface area contributed by atoms with E-state index in [-0.39, 0.29) is 17.1 Å². The summed E-state index contributed by atoms with van der Waals surface area (Å²) in [5, 5.41) is 19.5. The molecule has 2 rings (SSSR count). The second-order valence-corrected chi connectivity index (χ2v) is 3.89. The number of benzene rings is 1. The normalized spacial score (nSPS) is 12.4. The van der Waals surface area contributed by atoms with Crippen molar-refractivity contribution in [2.45, 2.75) is 13.0 Å². The molecule has 2 N–H and O–H groups in total. The molecule has 94 valence electrons. The zero-order chi connectivity index (χ0) is 13.3. The van der Waals surface area contributed by atoms with Crippen LogP contribution in [0.3, 0.4) is 0 Å². The first-order chi connectivity index (χ1) is 8.49. The first-order valence-corrected chi connectivity index (χ1v) is 5.26. The molecule has 0 aliphatic heterocycles. The summed E-state index contributed by atoms with van der Waals surface area (Å²) in [7, 11) is 0. The van der Waals surface area contributed by atoms with Crippen LogP contribution in [-0.4, -0.2) is 10.2 Å². The van der Waals surface area contributed by atoms with Gasteiger partial charge in [0.05, 0.1) is 0 Å². The van der Waals surface area contributed by atoms with Crippen molar-refractivity contribution in [3.05, 3.63) is 63.5 Å². The van der Waals surface area contributed by atoms with E-state index in [9.17, 15) is 19.4 Å². The van der Waals surface area contributed by atoms with Crippen LogP contribution >= 0.6 is 0 Å². The lowest BCUT2D eigenvalue weighted by atomic mass is 10.1. The van der Waals surface area contributed by atoms with Gasteiger partial charge in [-0.2, -0.15) is 0 Å². The van der Waals surface area contributed by atoms with Gasteiger partial charge in [-0.15, -0.1) is 0 Å². The summed E-state index contributed by atoms with van der Waals surface area (Å²) in [6.07, 6.45) is -1.40. The predicted molar refractivity (Wildman–Crippen MR) is 61.8 cm³/mol. The van der Waals surface area contributed by atoms with Crippen molar-refractivity contribution < 1.29 is 19.0 Å². The third-order valence-corrected chi connectivity index (χ3v) is 2.48. The average Bonchev–Trinajstić information content (AvgIpc) is 2.33. The molecule has 5 heteroatoms. The maximum Gasteiger partial charge on any atom is 0.227 e. The van der Waals surface area contributed by atoms with E-state index in [1.54, 1.807) is 0 Å². The van der Waals surface area contributed by atoms with Crippen molar-refractivity contribution in [3.63, 3.8) is 0 Å². The maximum atomic E-state index is 13.0. The minimum Gasteiger partial charge on any atom is -0.502 e. The van der Waals surface area contributed by atoms with Gasteiger partial charge in [0.25, 0.3) is 0 Å². The Kier molecular flexibility index (Phi) is 3.16. The summed E-state index contributed by atoms with van der Waals surface area (Å²) in [5.41, 5.74) is -0.455. The van der Waals surface area contributed by atoms with Crippen LogP contribution in [0.2, 0.25) is 0 Å². The number of aromatic hydroxyl groups is 1. The molecule has 0 aliphatic carbocycles. The first kappa shape index (κ1) is 12.3. The van der Waals surface area contributed by atoms with Crippen LogP contribution in [0.25, 0.3) is 0 Å². The van der Waals surface area contributed by atoms with Gasteiger partial charge in [-0.05, 0) is 24.6 Å². The van der Waals surface area contributed by atoms with Gasteiger partial charge in [0.2, 0.25) is 11.2 Å². The highest BCUT2D eigenvalue weighted by molar-refractivity contribution is 5.33. The van der Waals surface area contributed by atoms with E-state index in [2.05, 4.69) is 0 Å². The molecule has 1 aromatic heterocycles. The molecule has 18 heavy (non-hydrogen) atoms. The molecule has 1 heterocycles. The van der Waals surface area contributed by atoms with Gasteiger partial charge < -0.3 is 14.6 Å². The van der Waals surface area contributed by atoms with Crippen LogP contribution in [0.4, 0.5) is 4.39 Å². The molecule has 1 aromatic carbocycles. The van der Waals surface area contributed by atoms with Crippen LogP contribution < -0.4 is 5.43 Å². The van der Waals surface area contributed by atoms with Crippen LogP contribution in [0.5, 0.6) is 5.75 Å². The molecule has 0 fully saturated rings. The van der Waals surface area contributed by atoms with Crippen LogP contribution in [-0.2, 0) is 0 Å². The Balaban J connectivity index is 2.52. The van der Waals surface area contributed by atoms with Gasteiger partial charge in [0.15, 0.2) is 5.76 Å². The van der Waals surface area contributed by atoms with Crippen LogP contribution in [0.15, 0.2) is 39.5 Å². The van der Waals surface area contributed by atoms with E-state index in [1.165, 1.54) is 25.1 Å². The number of halogens is 1. The standard InChI is InChI=1S/C13H11FO4/c1-7-5-10(15)12(17)13(18-7)11(16)8-3-2-4-9(14)6-8/h2-6,11,16-17H,1H3. The van der Waals surface area contributed by atoms with E-state index in [0.717, 1.165) is 12.1 Å². The Morgan fingerprint density at radius 2 is 2.06 bits per heavy atom. The number of aliphatic hydroxyl groups is 1. The van der Waals surface area contributed by atoms with Crippen molar-refractivity contribution >= 4 is 0 Å². The zero-order valence-corrected chi connectivity index (χ0v) is 9.55. The van der Waals surface area contributed by atoms with Crippen LogP contribution in [0.1, 0.15) is 23.2 Å². The molecule has 4 nitrogen and oxygen atoms in total. The molecular formula is C13H11FO4. The highest BCUT2D eigenvalue weighted by Crippen LogP contribution is 2.27. The third kappa shape index (κ3) is 2.26. The lowest BCUT2D eigenvalue weighted by Crippen LogP contribution is -2.08. The zero-order valence-electron chi connectivity index (χ0n) is 9.55. The summed E-state index contributed by atoms with van der Waals surface area (Å²) >= 11 is 0. The summed E-state index contributed by atoms with van der Waals surface area (Å²) in [4.78, 5) is 11.4. The monoisotopic (exact) mass is 250 g/mol. The summed E-state index contributed by atoms with van der Waals surface area (Å²) in [5.74, 6) is -1.23. The molecular weight excluding hydrogens is 239 g/mol. The van der Waals surface area contributed by atoms with Crippen LogP contribution in [0, 0.1) is 12.7 Å². The summed E-state index contributed by atoms with van der Waals surface area (Å²) in [6.45, 7) is 1.52. The minimum absolute atomic E-state index is 0.194. The molecule has 0 saturated heterocycles. The summed E-state index contributed by atoms with van der Waals surface area (Å²) in [6, 6.07) is 6.32. The smallest absolute Gasteiger partial charge is 0.227 e. The molecule has 0 saturated carbocycles. The SMILES string of the molecule is Cc1cc(=O)c(O)c(C(O)c2cccc(F)c2)o1. The Bertz CT molecular complexity index is 633. The van der Waals surface area contributed by atoms with Gasteiger partial charge in [-0.3, -0.25) is 4.79 Å². The molecule has 1 unspecified atom stereocenters. The number of rotatable bonds is 2. The number of hydrogen-bond acceptors (Lipinski definition) is 4. The van der Waals surface area contributed by atoms with E-state index >= 15 is 0 Å². The number of hydrogen-bond donors (Lipinski definition) is 2. The van der Waals surface area contributed by atoms with Gasteiger partial charge in [0.1, 0.15) is 17.7 Å². The van der Waals surface area contributed by atoms with Crippen molar-refractivity contribution in [3.8, 4) is 5.75 Å². The number of aliphatic hydroxyl groups excluding tert-OH is 1. The van der Waals surface area contributed by atoms with Gasteiger partial charge in [-0.1, -0.05) is 12.1 Å². The van der Waals surface area contributed by atoms with E-state index in [4.69, 9.17) is 4.42 Å². The van der Waals surface area contributed by atoms with Crippen molar-refractivity contribution in [1.29, 1.82) is 0 Å². The van der Waals surface area contributed by atoms with E-state index in [0.29, 0.717) is 0 Å². The topological polar surface area (TPSA) is 70.7 Å². The molecule has 2 aromatic rings. The molecule has 0 bridgehead atoms. The lowest BCUT2D eigenvalue weighted by Gasteiger charge is -2.12. The van der Waals surface area contributed by atoms with E-state index in [1.807, 2.05) is 0 Å². The predicted octanol–water partition coefficient (Wildman–Crippen LogP) is 1.87. The molecule has 0 spiro atoms. The highest BCUT2D eigenvalue weighted by Gasteiger charge is 2.20. The Morgan fingerprint density at radius 1 is 1.33 bits per heavy atom. The maximum absolute atomic E-state index is 13.0. The second-order valence-electron chi connectivity index (χ2n) is 3.89. The molecule has 0 aliphatic rings.